The van der Waals surface area contributed by atoms with E-state index in [0.29, 0.717) is 16.0 Å². The van der Waals surface area contributed by atoms with Gasteiger partial charge < -0.3 is 10.0 Å². The van der Waals surface area contributed by atoms with Crippen LogP contribution < -0.4 is 0 Å². The van der Waals surface area contributed by atoms with Gasteiger partial charge in [-0.3, -0.25) is 14.9 Å². The Bertz CT molecular complexity index is 1430. The lowest BCUT2D eigenvalue weighted by Gasteiger charge is -2.34. The third-order valence-electron chi connectivity index (χ3n) is 6.23. The van der Waals surface area contributed by atoms with Crippen LogP contribution in [0, 0.1) is 24.0 Å². The van der Waals surface area contributed by atoms with E-state index in [0.717, 1.165) is 22.1 Å². The van der Waals surface area contributed by atoms with Crippen LogP contribution in [-0.2, 0) is 16.6 Å². The fraction of sp³-hybridized carbons (Fsp3) is 0.269. The van der Waals surface area contributed by atoms with E-state index in [9.17, 15) is 28.4 Å². The lowest BCUT2D eigenvalue weighted by Crippen LogP contribution is -2.50. The molecule has 0 saturated carbocycles. The Kier molecular flexibility index (Phi) is 7.98. The molecular formula is C26H27N3O6S2. The quantitative estimate of drug-likeness (QED) is 0.354. The van der Waals surface area contributed by atoms with Crippen molar-refractivity contribution in [3.63, 3.8) is 0 Å². The zero-order valence-corrected chi connectivity index (χ0v) is 22.1. The van der Waals surface area contributed by atoms with Crippen molar-refractivity contribution in [3.8, 4) is 0 Å². The SMILES string of the molecule is Cc1ccc(C)c(Sc2ccc([N+](=O)[O-])cc2S(=O)(=O)N2CCN(C(=O)c3ccc(CO)cc3)CC2)c1. The van der Waals surface area contributed by atoms with E-state index in [-0.39, 0.29) is 49.3 Å². The van der Waals surface area contributed by atoms with Crippen LogP contribution >= 0.6 is 11.8 Å². The smallest absolute Gasteiger partial charge is 0.270 e. The summed E-state index contributed by atoms with van der Waals surface area (Å²) in [6, 6.07) is 16.4. The van der Waals surface area contributed by atoms with Crippen molar-refractivity contribution in [2.75, 3.05) is 26.2 Å². The number of benzene rings is 3. The number of amides is 1. The maximum absolute atomic E-state index is 13.7. The van der Waals surface area contributed by atoms with Gasteiger partial charge in [-0.2, -0.15) is 4.31 Å². The number of hydrogen-bond acceptors (Lipinski definition) is 7. The number of non-ortho nitro benzene ring substituents is 1. The van der Waals surface area contributed by atoms with E-state index < -0.39 is 14.9 Å². The zero-order valence-electron chi connectivity index (χ0n) is 20.5. The normalized spacial score (nSPS) is 14.5. The molecule has 0 unspecified atom stereocenters. The molecule has 1 fully saturated rings. The van der Waals surface area contributed by atoms with Crippen LogP contribution in [0.3, 0.4) is 0 Å². The van der Waals surface area contributed by atoms with E-state index >= 15 is 0 Å². The number of nitro groups is 1. The number of piperazine rings is 1. The minimum absolute atomic E-state index is 0.0685. The van der Waals surface area contributed by atoms with E-state index in [4.69, 9.17) is 0 Å². The largest absolute Gasteiger partial charge is 0.392 e. The molecule has 1 aliphatic rings. The molecule has 1 N–H and O–H groups in total. The van der Waals surface area contributed by atoms with Crippen molar-refractivity contribution in [2.24, 2.45) is 0 Å². The number of carbonyl (C=O) groups excluding carboxylic acids is 1. The molecule has 9 nitrogen and oxygen atoms in total. The predicted octanol–water partition coefficient (Wildman–Crippen LogP) is 4.00. The lowest BCUT2D eigenvalue weighted by molar-refractivity contribution is -0.385. The number of aliphatic hydroxyl groups is 1. The summed E-state index contributed by atoms with van der Waals surface area (Å²) in [6.07, 6.45) is 0. The Balaban J connectivity index is 1.58. The molecule has 0 spiro atoms. The number of aryl methyl sites for hydroxylation is 2. The average Bonchev–Trinajstić information content (AvgIpc) is 2.90. The van der Waals surface area contributed by atoms with Crippen LogP contribution in [0.15, 0.2) is 75.4 Å². The van der Waals surface area contributed by atoms with Gasteiger partial charge in [0.25, 0.3) is 11.6 Å². The molecule has 37 heavy (non-hydrogen) atoms. The minimum Gasteiger partial charge on any atom is -0.392 e. The highest BCUT2D eigenvalue weighted by atomic mass is 32.2. The first-order valence-electron chi connectivity index (χ1n) is 11.6. The van der Waals surface area contributed by atoms with E-state index in [2.05, 4.69) is 0 Å². The molecule has 194 valence electrons. The molecule has 3 aromatic rings. The number of nitro benzene ring substituents is 1. The maximum atomic E-state index is 13.7. The molecule has 1 amide bonds. The summed E-state index contributed by atoms with van der Waals surface area (Å²) in [7, 11) is -4.07. The topological polar surface area (TPSA) is 121 Å². The van der Waals surface area contributed by atoms with Gasteiger partial charge in [0.2, 0.25) is 10.0 Å². The Labute approximate surface area is 219 Å². The number of aliphatic hydroxyl groups excluding tert-OH is 1. The molecule has 0 aliphatic carbocycles. The molecular weight excluding hydrogens is 514 g/mol. The number of hydrogen-bond donors (Lipinski definition) is 1. The highest BCUT2D eigenvalue weighted by molar-refractivity contribution is 8.00. The van der Waals surface area contributed by atoms with Crippen molar-refractivity contribution >= 4 is 33.4 Å². The summed E-state index contributed by atoms with van der Waals surface area (Å²) in [5.74, 6) is -0.219. The van der Waals surface area contributed by atoms with Gasteiger partial charge in [0.1, 0.15) is 4.90 Å². The van der Waals surface area contributed by atoms with Gasteiger partial charge in [0, 0.05) is 53.7 Å². The highest BCUT2D eigenvalue weighted by Gasteiger charge is 2.33. The lowest BCUT2D eigenvalue weighted by atomic mass is 10.1. The van der Waals surface area contributed by atoms with Crippen LogP contribution in [0.5, 0.6) is 0 Å². The fourth-order valence-corrected chi connectivity index (χ4v) is 7.00. The summed E-state index contributed by atoms with van der Waals surface area (Å²) in [5.41, 5.74) is 2.84. The fourth-order valence-electron chi connectivity index (χ4n) is 4.04. The number of rotatable bonds is 7. The molecule has 0 aromatic heterocycles. The first kappa shape index (κ1) is 26.8. The van der Waals surface area contributed by atoms with Crippen LogP contribution in [0.2, 0.25) is 0 Å². The van der Waals surface area contributed by atoms with Crippen LogP contribution in [0.1, 0.15) is 27.0 Å². The van der Waals surface area contributed by atoms with Crippen molar-refractivity contribution in [3.05, 3.63) is 93.0 Å². The van der Waals surface area contributed by atoms with Crippen molar-refractivity contribution in [1.29, 1.82) is 0 Å². The molecule has 3 aromatic carbocycles. The van der Waals surface area contributed by atoms with Gasteiger partial charge in [-0.15, -0.1) is 0 Å². The molecule has 0 bridgehead atoms. The first-order valence-corrected chi connectivity index (χ1v) is 13.9. The molecule has 0 atom stereocenters. The van der Waals surface area contributed by atoms with Gasteiger partial charge in [0.15, 0.2) is 0 Å². The van der Waals surface area contributed by atoms with Gasteiger partial charge >= 0.3 is 0 Å². The van der Waals surface area contributed by atoms with Crippen molar-refractivity contribution in [1.82, 2.24) is 9.21 Å². The van der Waals surface area contributed by atoms with Crippen LogP contribution in [-0.4, -0.2) is 59.7 Å². The number of sulfonamides is 1. The summed E-state index contributed by atoms with van der Waals surface area (Å²) in [5, 5.41) is 20.6. The first-order chi connectivity index (χ1) is 17.6. The van der Waals surface area contributed by atoms with Gasteiger partial charge in [-0.25, -0.2) is 8.42 Å². The van der Waals surface area contributed by atoms with Crippen LogP contribution in [0.4, 0.5) is 5.69 Å². The van der Waals surface area contributed by atoms with E-state index in [1.807, 2.05) is 32.0 Å². The Morgan fingerprint density at radius 3 is 2.27 bits per heavy atom. The van der Waals surface area contributed by atoms with Gasteiger partial charge in [0.05, 0.1) is 11.5 Å². The molecule has 4 rings (SSSR count). The summed E-state index contributed by atoms with van der Waals surface area (Å²) < 4.78 is 28.7. The van der Waals surface area contributed by atoms with Gasteiger partial charge in [-0.05, 0) is 54.8 Å². The van der Waals surface area contributed by atoms with Crippen molar-refractivity contribution < 1.29 is 23.2 Å². The molecule has 1 saturated heterocycles. The monoisotopic (exact) mass is 541 g/mol. The molecule has 1 heterocycles. The minimum atomic E-state index is -4.07. The summed E-state index contributed by atoms with van der Waals surface area (Å²) in [6.45, 7) is 4.26. The van der Waals surface area contributed by atoms with Crippen LogP contribution in [0.25, 0.3) is 0 Å². The maximum Gasteiger partial charge on any atom is 0.270 e. The van der Waals surface area contributed by atoms with Crippen molar-refractivity contribution in [2.45, 2.75) is 35.1 Å². The number of carbonyl (C=O) groups is 1. The second kappa shape index (κ2) is 11.0. The average molecular weight is 542 g/mol. The Hall–Kier alpha value is -3.25. The Morgan fingerprint density at radius 2 is 1.65 bits per heavy atom. The second-order valence-corrected chi connectivity index (χ2v) is 11.8. The third-order valence-corrected chi connectivity index (χ3v) is 9.53. The Morgan fingerprint density at radius 1 is 0.973 bits per heavy atom. The molecule has 0 radical (unpaired) electrons. The molecule has 1 aliphatic heterocycles. The zero-order chi connectivity index (χ0) is 26.7. The molecule has 11 heteroatoms. The third kappa shape index (κ3) is 5.85. The van der Waals surface area contributed by atoms with E-state index in [1.54, 1.807) is 29.2 Å². The number of nitrogens with zero attached hydrogens (tertiary/aromatic N) is 3. The van der Waals surface area contributed by atoms with Gasteiger partial charge in [-0.1, -0.05) is 36.0 Å². The predicted molar refractivity (Wildman–Crippen MR) is 140 cm³/mol. The summed E-state index contributed by atoms with van der Waals surface area (Å²) in [4.78, 5) is 26.5. The standard InChI is InChI=1S/C26H27N3O6S2/c1-18-3-4-19(2)24(15-18)36-23-10-9-22(29(32)33)16-25(23)37(34,35)28-13-11-27(12-14-28)26(31)21-7-5-20(17-30)6-8-21/h3-10,15-16,30H,11-14,17H2,1-2H3. The second-order valence-electron chi connectivity index (χ2n) is 8.81. The highest BCUT2D eigenvalue weighted by Crippen LogP contribution is 2.38. The van der Waals surface area contributed by atoms with E-state index in [1.165, 1.54) is 28.2 Å². The summed E-state index contributed by atoms with van der Waals surface area (Å²) >= 11 is 1.26.